The SMILES string of the molecule is CCOC(=O)c1cc(=O)c2c([nH]1)c(Cl)cc1c(=O)cc(C(=O)OCC)[nH]c12. The number of pyridine rings is 2. The molecule has 0 fully saturated rings. The van der Waals surface area contributed by atoms with Crippen molar-refractivity contribution in [1.29, 1.82) is 0 Å². The monoisotopic (exact) mass is 390 g/mol. The van der Waals surface area contributed by atoms with E-state index in [-0.39, 0.29) is 51.4 Å². The first-order valence-corrected chi connectivity index (χ1v) is 8.52. The van der Waals surface area contributed by atoms with Crippen LogP contribution < -0.4 is 10.9 Å². The Labute approximate surface area is 157 Å². The summed E-state index contributed by atoms with van der Waals surface area (Å²) in [4.78, 5) is 54.5. The van der Waals surface area contributed by atoms with E-state index in [1.807, 2.05) is 0 Å². The summed E-state index contributed by atoms with van der Waals surface area (Å²) >= 11 is 6.22. The number of fused-ring (bicyclic) bond motifs is 3. The molecule has 27 heavy (non-hydrogen) atoms. The number of hydrogen-bond acceptors (Lipinski definition) is 6. The molecule has 9 heteroatoms. The van der Waals surface area contributed by atoms with Gasteiger partial charge in [-0.05, 0) is 19.9 Å². The number of H-pyrrole nitrogens is 2. The number of aromatic nitrogens is 2. The third-order valence-corrected chi connectivity index (χ3v) is 4.15. The van der Waals surface area contributed by atoms with Crippen molar-refractivity contribution in [3.8, 4) is 0 Å². The molecule has 2 aromatic heterocycles. The Morgan fingerprint density at radius 2 is 1.41 bits per heavy atom. The number of esters is 2. The second kappa shape index (κ2) is 7.24. The summed E-state index contributed by atoms with van der Waals surface area (Å²) in [5.41, 5.74) is -0.940. The minimum Gasteiger partial charge on any atom is -0.461 e. The lowest BCUT2D eigenvalue weighted by molar-refractivity contribution is 0.0510. The van der Waals surface area contributed by atoms with Gasteiger partial charge in [-0.2, -0.15) is 0 Å². The molecule has 2 heterocycles. The summed E-state index contributed by atoms with van der Waals surface area (Å²) < 4.78 is 9.78. The van der Waals surface area contributed by atoms with Gasteiger partial charge in [-0.3, -0.25) is 9.59 Å². The quantitative estimate of drug-likeness (QED) is 0.521. The smallest absolute Gasteiger partial charge is 0.354 e. The predicted molar refractivity (Wildman–Crippen MR) is 99.6 cm³/mol. The number of rotatable bonds is 4. The molecular weight excluding hydrogens is 376 g/mol. The fraction of sp³-hybridized carbons (Fsp3) is 0.222. The molecule has 0 amide bonds. The van der Waals surface area contributed by atoms with Gasteiger partial charge in [0.1, 0.15) is 11.4 Å². The Kier molecular flexibility index (Phi) is 5.00. The van der Waals surface area contributed by atoms with Gasteiger partial charge in [0.2, 0.25) is 0 Å². The highest BCUT2D eigenvalue weighted by atomic mass is 35.5. The van der Waals surface area contributed by atoms with Crippen molar-refractivity contribution in [2.24, 2.45) is 0 Å². The molecule has 0 bridgehead atoms. The van der Waals surface area contributed by atoms with Gasteiger partial charge in [0.15, 0.2) is 10.9 Å². The fourth-order valence-corrected chi connectivity index (χ4v) is 2.98. The van der Waals surface area contributed by atoms with Gasteiger partial charge >= 0.3 is 11.9 Å². The fourth-order valence-electron chi connectivity index (χ4n) is 2.73. The van der Waals surface area contributed by atoms with E-state index in [2.05, 4.69) is 9.97 Å². The molecule has 3 rings (SSSR count). The van der Waals surface area contributed by atoms with Crippen molar-refractivity contribution >= 4 is 45.3 Å². The third kappa shape index (κ3) is 3.31. The van der Waals surface area contributed by atoms with Gasteiger partial charge in [-0.15, -0.1) is 0 Å². The van der Waals surface area contributed by atoms with E-state index in [0.29, 0.717) is 0 Å². The van der Waals surface area contributed by atoms with Crippen LogP contribution in [0.15, 0.2) is 27.8 Å². The highest BCUT2D eigenvalue weighted by Gasteiger charge is 2.18. The molecular formula is C18H15ClN2O6. The van der Waals surface area contributed by atoms with Crippen LogP contribution in [0.25, 0.3) is 21.8 Å². The third-order valence-electron chi connectivity index (χ3n) is 3.85. The Morgan fingerprint density at radius 1 is 0.889 bits per heavy atom. The number of carbonyl (C=O) groups excluding carboxylic acids is 2. The molecule has 3 aromatic rings. The lowest BCUT2D eigenvalue weighted by atomic mass is 10.1. The van der Waals surface area contributed by atoms with Crippen molar-refractivity contribution in [3.05, 3.63) is 55.1 Å². The molecule has 0 aliphatic carbocycles. The molecule has 0 unspecified atom stereocenters. The first kappa shape index (κ1) is 18.7. The largest absolute Gasteiger partial charge is 0.461 e. The van der Waals surface area contributed by atoms with Gasteiger partial charge in [0, 0.05) is 17.5 Å². The molecule has 140 valence electrons. The number of ether oxygens (including phenoxy) is 2. The van der Waals surface area contributed by atoms with E-state index in [0.717, 1.165) is 12.1 Å². The molecule has 0 aliphatic rings. The molecule has 0 spiro atoms. The normalized spacial score (nSPS) is 10.9. The van der Waals surface area contributed by atoms with Gasteiger partial charge in [0.25, 0.3) is 0 Å². The maximum Gasteiger partial charge on any atom is 0.354 e. The Hall–Kier alpha value is -3.13. The second-order valence-electron chi connectivity index (χ2n) is 5.57. The van der Waals surface area contributed by atoms with Crippen LogP contribution >= 0.6 is 11.6 Å². The highest BCUT2D eigenvalue weighted by Crippen LogP contribution is 2.26. The Morgan fingerprint density at radius 3 is 1.96 bits per heavy atom. The van der Waals surface area contributed by atoms with E-state index in [1.165, 1.54) is 6.07 Å². The van der Waals surface area contributed by atoms with Crippen LogP contribution in [0.3, 0.4) is 0 Å². The van der Waals surface area contributed by atoms with E-state index < -0.39 is 22.8 Å². The molecule has 0 aliphatic heterocycles. The lowest BCUT2D eigenvalue weighted by Crippen LogP contribution is -2.16. The Bertz CT molecular complexity index is 1190. The molecule has 0 saturated carbocycles. The molecule has 0 atom stereocenters. The van der Waals surface area contributed by atoms with Crippen LogP contribution in [-0.4, -0.2) is 35.1 Å². The first-order valence-electron chi connectivity index (χ1n) is 8.14. The maximum atomic E-state index is 12.7. The number of carbonyl (C=O) groups is 2. The van der Waals surface area contributed by atoms with Crippen molar-refractivity contribution < 1.29 is 19.1 Å². The van der Waals surface area contributed by atoms with Gasteiger partial charge in [-0.1, -0.05) is 11.6 Å². The summed E-state index contributed by atoms with van der Waals surface area (Å²) in [6.07, 6.45) is 0. The van der Waals surface area contributed by atoms with Crippen LogP contribution in [0.2, 0.25) is 5.02 Å². The van der Waals surface area contributed by atoms with E-state index in [1.54, 1.807) is 13.8 Å². The number of halogens is 1. The number of aromatic amines is 2. The average molecular weight is 391 g/mol. The van der Waals surface area contributed by atoms with Crippen molar-refractivity contribution in [1.82, 2.24) is 9.97 Å². The topological polar surface area (TPSA) is 118 Å². The molecule has 0 saturated heterocycles. The van der Waals surface area contributed by atoms with Crippen LogP contribution in [-0.2, 0) is 9.47 Å². The predicted octanol–water partition coefficient (Wildman–Crippen LogP) is 2.38. The number of benzene rings is 1. The van der Waals surface area contributed by atoms with Crippen molar-refractivity contribution in [2.75, 3.05) is 13.2 Å². The number of hydrogen-bond donors (Lipinski definition) is 2. The summed E-state index contributed by atoms with van der Waals surface area (Å²) in [5.74, 6) is -1.43. The summed E-state index contributed by atoms with van der Waals surface area (Å²) in [5, 5.41) is 0.263. The minimum atomic E-state index is -0.723. The lowest BCUT2D eigenvalue weighted by Gasteiger charge is -2.10. The van der Waals surface area contributed by atoms with E-state index in [9.17, 15) is 19.2 Å². The zero-order valence-electron chi connectivity index (χ0n) is 14.5. The standard InChI is InChI=1S/C18H15ClN2O6/c1-3-26-17(24)10-6-12(22)8-5-9(19)16-14(15(8)20-10)13(23)7-11(21-16)18(25)27-4-2/h5-7H,3-4H2,1-2H3,(H,20,22)(H,21,23). The average Bonchev–Trinajstić information content (AvgIpc) is 2.62. The van der Waals surface area contributed by atoms with E-state index in [4.69, 9.17) is 21.1 Å². The Balaban J connectivity index is 2.38. The molecule has 1 aromatic carbocycles. The highest BCUT2D eigenvalue weighted by molar-refractivity contribution is 6.36. The maximum absolute atomic E-state index is 12.7. The van der Waals surface area contributed by atoms with E-state index >= 15 is 0 Å². The van der Waals surface area contributed by atoms with Gasteiger partial charge in [0.05, 0.1) is 34.7 Å². The van der Waals surface area contributed by atoms with Crippen LogP contribution in [0, 0.1) is 0 Å². The van der Waals surface area contributed by atoms with Crippen molar-refractivity contribution in [3.63, 3.8) is 0 Å². The summed E-state index contributed by atoms with van der Waals surface area (Å²) in [6, 6.07) is 3.51. The first-order chi connectivity index (χ1) is 12.9. The van der Waals surface area contributed by atoms with Crippen LogP contribution in [0.4, 0.5) is 0 Å². The molecule has 2 N–H and O–H groups in total. The van der Waals surface area contributed by atoms with Crippen LogP contribution in [0.5, 0.6) is 0 Å². The number of nitrogens with one attached hydrogen (secondary N) is 2. The second-order valence-corrected chi connectivity index (χ2v) is 5.97. The van der Waals surface area contributed by atoms with Crippen molar-refractivity contribution in [2.45, 2.75) is 13.8 Å². The van der Waals surface area contributed by atoms with Crippen LogP contribution in [0.1, 0.15) is 34.8 Å². The summed E-state index contributed by atoms with van der Waals surface area (Å²) in [6.45, 7) is 3.54. The molecule has 8 nitrogen and oxygen atoms in total. The zero-order valence-corrected chi connectivity index (χ0v) is 15.2. The zero-order chi connectivity index (χ0) is 19.7. The summed E-state index contributed by atoms with van der Waals surface area (Å²) in [7, 11) is 0. The minimum absolute atomic E-state index is 0.0498. The van der Waals surface area contributed by atoms with Gasteiger partial charge < -0.3 is 19.4 Å². The molecule has 0 radical (unpaired) electrons. The van der Waals surface area contributed by atoms with Gasteiger partial charge in [-0.25, -0.2) is 9.59 Å².